The first-order valence-electron chi connectivity index (χ1n) is 9.57. The average molecular weight is 357 g/mol. The Kier molecular flexibility index (Phi) is 4.72. The Labute approximate surface area is 152 Å². The molecule has 2 bridgehead atoms. The molecule has 24 heavy (non-hydrogen) atoms. The third-order valence-electron chi connectivity index (χ3n) is 7.85. The molecule has 138 valence electrons. The normalized spacial score (nSPS) is 46.4. The third-order valence-corrected chi connectivity index (χ3v) is 7.85. The van der Waals surface area contributed by atoms with Crippen LogP contribution in [0.4, 0.5) is 0 Å². The van der Waals surface area contributed by atoms with Gasteiger partial charge < -0.3 is 15.8 Å². The van der Waals surface area contributed by atoms with Crippen molar-refractivity contribution in [1.29, 1.82) is 0 Å². The van der Waals surface area contributed by atoms with E-state index in [9.17, 15) is 4.79 Å². The van der Waals surface area contributed by atoms with E-state index in [2.05, 4.69) is 26.1 Å². The molecule has 5 heteroatoms. The lowest BCUT2D eigenvalue weighted by atomic mass is 9.46. The van der Waals surface area contributed by atoms with Crippen LogP contribution < -0.4 is 11.1 Å². The number of carbonyl (C=O) groups excluding carboxylic acids is 1. The molecule has 7 unspecified atom stereocenters. The SMILES string of the molecule is CC(NC(=O)C1(N)C2CCCOC2C1(C)C)C1CC2CCC1C2.Cl. The molecule has 1 aliphatic heterocycles. The van der Waals surface area contributed by atoms with Gasteiger partial charge in [0.1, 0.15) is 5.54 Å². The summed E-state index contributed by atoms with van der Waals surface area (Å²) in [5, 5.41) is 3.32. The predicted octanol–water partition coefficient (Wildman–Crippen LogP) is 2.88. The first-order chi connectivity index (χ1) is 10.9. The van der Waals surface area contributed by atoms with Gasteiger partial charge in [-0.15, -0.1) is 12.4 Å². The molecule has 0 aromatic heterocycles. The van der Waals surface area contributed by atoms with Crippen LogP contribution in [0.3, 0.4) is 0 Å². The van der Waals surface area contributed by atoms with Crippen molar-refractivity contribution in [1.82, 2.24) is 5.32 Å². The summed E-state index contributed by atoms with van der Waals surface area (Å²) in [6, 6.07) is 0.248. The molecule has 1 amide bonds. The number of hydrogen-bond donors (Lipinski definition) is 2. The molecular formula is C19H33ClN2O2. The Hall–Kier alpha value is -0.320. The standard InChI is InChI=1S/C19H32N2O2.ClH/c1-11(14-10-12-6-7-13(14)9-12)21-17(22)19(20)15-5-4-8-23-16(15)18(19,2)3;/h11-16H,4-10,20H2,1-3H3,(H,21,22);1H. The number of fused-ring (bicyclic) bond motifs is 3. The van der Waals surface area contributed by atoms with E-state index in [1.165, 1.54) is 25.7 Å². The number of ether oxygens (including phenoxy) is 1. The van der Waals surface area contributed by atoms with Crippen LogP contribution in [0, 0.1) is 29.1 Å². The number of rotatable bonds is 3. The Balaban J connectivity index is 0.00000169. The van der Waals surface area contributed by atoms with Crippen LogP contribution in [0.25, 0.3) is 0 Å². The van der Waals surface area contributed by atoms with Gasteiger partial charge in [-0.05, 0) is 56.8 Å². The monoisotopic (exact) mass is 356 g/mol. The lowest BCUT2D eigenvalue weighted by molar-refractivity contribution is -0.225. The highest BCUT2D eigenvalue weighted by Crippen LogP contribution is 2.57. The van der Waals surface area contributed by atoms with E-state index in [-0.39, 0.29) is 41.8 Å². The van der Waals surface area contributed by atoms with Gasteiger partial charge in [0.15, 0.2) is 0 Å². The van der Waals surface area contributed by atoms with Gasteiger partial charge in [-0.1, -0.05) is 20.3 Å². The first-order valence-corrected chi connectivity index (χ1v) is 9.57. The molecule has 1 heterocycles. The average Bonchev–Trinajstić information content (AvgIpc) is 3.17. The maximum atomic E-state index is 13.1. The second kappa shape index (κ2) is 6.14. The highest BCUT2D eigenvalue weighted by atomic mass is 35.5. The van der Waals surface area contributed by atoms with Crippen LogP contribution in [0.1, 0.15) is 59.3 Å². The van der Waals surface area contributed by atoms with Gasteiger partial charge in [0, 0.05) is 24.0 Å². The van der Waals surface area contributed by atoms with Gasteiger partial charge in [0.05, 0.1) is 6.10 Å². The van der Waals surface area contributed by atoms with Crippen LogP contribution in [-0.4, -0.2) is 30.2 Å². The minimum Gasteiger partial charge on any atom is -0.377 e. The Morgan fingerprint density at radius 1 is 1.25 bits per heavy atom. The zero-order chi connectivity index (χ0) is 16.4. The summed E-state index contributed by atoms with van der Waals surface area (Å²) in [7, 11) is 0. The lowest BCUT2D eigenvalue weighted by Crippen LogP contribution is -2.82. The zero-order valence-corrected chi connectivity index (χ0v) is 16.0. The molecule has 0 aromatic carbocycles. The smallest absolute Gasteiger partial charge is 0.241 e. The lowest BCUT2D eigenvalue weighted by Gasteiger charge is -2.65. The fourth-order valence-electron chi connectivity index (χ4n) is 6.38. The topological polar surface area (TPSA) is 64.4 Å². The van der Waals surface area contributed by atoms with Gasteiger partial charge >= 0.3 is 0 Å². The highest BCUT2D eigenvalue weighted by Gasteiger charge is 2.70. The maximum Gasteiger partial charge on any atom is 0.241 e. The fraction of sp³-hybridized carbons (Fsp3) is 0.947. The van der Waals surface area contributed by atoms with Crippen molar-refractivity contribution in [3.63, 3.8) is 0 Å². The minimum absolute atomic E-state index is 0. The van der Waals surface area contributed by atoms with Crippen LogP contribution >= 0.6 is 12.4 Å². The largest absolute Gasteiger partial charge is 0.377 e. The summed E-state index contributed by atoms with van der Waals surface area (Å²) >= 11 is 0. The van der Waals surface area contributed by atoms with Crippen molar-refractivity contribution in [3.05, 3.63) is 0 Å². The molecule has 0 radical (unpaired) electrons. The Morgan fingerprint density at radius 3 is 2.62 bits per heavy atom. The van der Waals surface area contributed by atoms with E-state index in [1.807, 2.05) is 0 Å². The summed E-state index contributed by atoms with van der Waals surface area (Å²) in [5.74, 6) is 2.63. The number of nitrogens with one attached hydrogen (secondary N) is 1. The summed E-state index contributed by atoms with van der Waals surface area (Å²) in [6.45, 7) is 7.19. The number of halogens is 1. The van der Waals surface area contributed by atoms with Crippen LogP contribution in [0.2, 0.25) is 0 Å². The number of hydrogen-bond acceptors (Lipinski definition) is 3. The molecule has 3 saturated carbocycles. The molecule has 4 fully saturated rings. The van der Waals surface area contributed by atoms with Gasteiger partial charge in [-0.25, -0.2) is 0 Å². The van der Waals surface area contributed by atoms with Crippen LogP contribution in [-0.2, 0) is 9.53 Å². The molecule has 3 aliphatic carbocycles. The Bertz CT molecular complexity index is 512. The minimum atomic E-state index is -0.774. The van der Waals surface area contributed by atoms with Crippen molar-refractivity contribution in [3.8, 4) is 0 Å². The predicted molar refractivity (Wildman–Crippen MR) is 97.0 cm³/mol. The molecule has 0 aromatic rings. The van der Waals surface area contributed by atoms with E-state index in [4.69, 9.17) is 10.5 Å². The molecule has 0 spiro atoms. The zero-order valence-electron chi connectivity index (χ0n) is 15.2. The van der Waals surface area contributed by atoms with E-state index >= 15 is 0 Å². The summed E-state index contributed by atoms with van der Waals surface area (Å²) in [6.07, 6.45) is 7.60. The van der Waals surface area contributed by atoms with E-state index < -0.39 is 5.54 Å². The molecule has 4 rings (SSSR count). The maximum absolute atomic E-state index is 13.1. The van der Waals surface area contributed by atoms with Gasteiger partial charge in [0.25, 0.3) is 0 Å². The number of carbonyl (C=O) groups is 1. The fourth-order valence-corrected chi connectivity index (χ4v) is 6.38. The molecule has 3 N–H and O–H groups in total. The number of amides is 1. The van der Waals surface area contributed by atoms with Crippen LogP contribution in [0.5, 0.6) is 0 Å². The quantitative estimate of drug-likeness (QED) is 0.817. The molecule has 4 nitrogen and oxygen atoms in total. The van der Waals surface area contributed by atoms with Gasteiger partial charge in [0.2, 0.25) is 5.91 Å². The Morgan fingerprint density at radius 2 is 2.00 bits per heavy atom. The second-order valence-electron chi connectivity index (χ2n) is 9.23. The van der Waals surface area contributed by atoms with Crippen molar-refractivity contribution >= 4 is 18.3 Å². The van der Waals surface area contributed by atoms with Crippen molar-refractivity contribution in [2.45, 2.75) is 77.0 Å². The van der Waals surface area contributed by atoms with E-state index in [1.54, 1.807) is 0 Å². The first kappa shape index (κ1) is 18.5. The van der Waals surface area contributed by atoms with Crippen molar-refractivity contribution in [2.24, 2.45) is 34.8 Å². The summed E-state index contributed by atoms with van der Waals surface area (Å²) in [5.41, 5.74) is 5.65. The van der Waals surface area contributed by atoms with E-state index in [0.29, 0.717) is 5.92 Å². The van der Waals surface area contributed by atoms with Crippen molar-refractivity contribution < 1.29 is 9.53 Å². The molecule has 1 saturated heterocycles. The molecular weight excluding hydrogens is 324 g/mol. The molecule has 4 aliphatic rings. The van der Waals surface area contributed by atoms with Gasteiger partial charge in [-0.3, -0.25) is 4.79 Å². The summed E-state index contributed by atoms with van der Waals surface area (Å²) in [4.78, 5) is 13.1. The van der Waals surface area contributed by atoms with Crippen LogP contribution in [0.15, 0.2) is 0 Å². The third kappa shape index (κ3) is 2.36. The van der Waals surface area contributed by atoms with E-state index in [0.717, 1.165) is 31.3 Å². The highest BCUT2D eigenvalue weighted by molar-refractivity contribution is 5.89. The summed E-state index contributed by atoms with van der Waals surface area (Å²) < 4.78 is 5.92. The van der Waals surface area contributed by atoms with Gasteiger partial charge in [-0.2, -0.15) is 0 Å². The van der Waals surface area contributed by atoms with Crippen molar-refractivity contribution in [2.75, 3.05) is 6.61 Å². The molecule has 7 atom stereocenters. The second-order valence-corrected chi connectivity index (χ2v) is 9.23. The number of nitrogens with two attached hydrogens (primary N) is 1.